The number of hydrogen-bond donors (Lipinski definition) is 2. The molecule has 2 N–H and O–H groups in total. The fourth-order valence-corrected chi connectivity index (χ4v) is 1.65. The van der Waals surface area contributed by atoms with Crippen molar-refractivity contribution in [3.05, 3.63) is 29.8 Å². The van der Waals surface area contributed by atoms with Gasteiger partial charge in [-0.25, -0.2) is 0 Å². The van der Waals surface area contributed by atoms with Gasteiger partial charge in [-0.15, -0.1) is 0 Å². The zero-order valence-corrected chi connectivity index (χ0v) is 10.0. The highest BCUT2D eigenvalue weighted by molar-refractivity contribution is 5.96. The summed E-state index contributed by atoms with van der Waals surface area (Å²) in [6.07, 6.45) is 0.886. The van der Waals surface area contributed by atoms with Gasteiger partial charge in [-0.2, -0.15) is 0 Å². The van der Waals surface area contributed by atoms with E-state index in [4.69, 9.17) is 0 Å². The number of phenols is 1. The molecule has 1 aromatic rings. The number of carbonyl (C=O) groups excluding carboxylic acids is 1. The summed E-state index contributed by atoms with van der Waals surface area (Å²) >= 11 is 0. The van der Waals surface area contributed by atoms with E-state index in [-0.39, 0.29) is 17.7 Å². The molecule has 1 atom stereocenters. The molecule has 3 nitrogen and oxygen atoms in total. The number of nitrogens with one attached hydrogen (secondary N) is 1. The second kappa shape index (κ2) is 5.54. The molecule has 88 valence electrons. The molecule has 0 aromatic heterocycles. The Bertz CT molecular complexity index is 361. The maximum absolute atomic E-state index is 11.9. The molecule has 0 saturated carbocycles. The maximum atomic E-state index is 11.9. The first kappa shape index (κ1) is 12.6. The van der Waals surface area contributed by atoms with Gasteiger partial charge in [-0.1, -0.05) is 32.9 Å². The highest BCUT2D eigenvalue weighted by Gasteiger charge is 2.16. The van der Waals surface area contributed by atoms with Gasteiger partial charge in [-0.05, 0) is 24.5 Å². The minimum Gasteiger partial charge on any atom is -0.507 e. The van der Waals surface area contributed by atoms with E-state index in [2.05, 4.69) is 19.2 Å². The van der Waals surface area contributed by atoms with Crippen LogP contribution >= 0.6 is 0 Å². The third-order valence-corrected chi connectivity index (χ3v) is 2.71. The SMILES string of the molecule is CCC(NC(=O)c1ccccc1O)C(C)C. The van der Waals surface area contributed by atoms with Crippen molar-refractivity contribution in [2.75, 3.05) is 0 Å². The number of benzene rings is 1. The summed E-state index contributed by atoms with van der Waals surface area (Å²) in [5, 5.41) is 12.5. The number of rotatable bonds is 4. The normalized spacial score (nSPS) is 12.5. The average molecular weight is 221 g/mol. The Hall–Kier alpha value is -1.51. The van der Waals surface area contributed by atoms with Crippen molar-refractivity contribution in [3.8, 4) is 5.75 Å². The highest BCUT2D eigenvalue weighted by atomic mass is 16.3. The smallest absolute Gasteiger partial charge is 0.255 e. The third-order valence-electron chi connectivity index (χ3n) is 2.71. The molecule has 0 fully saturated rings. The van der Waals surface area contributed by atoms with E-state index in [1.807, 2.05) is 6.92 Å². The van der Waals surface area contributed by atoms with Gasteiger partial charge >= 0.3 is 0 Å². The molecule has 0 spiro atoms. The number of hydrogen-bond acceptors (Lipinski definition) is 2. The van der Waals surface area contributed by atoms with Crippen LogP contribution in [0.25, 0.3) is 0 Å². The van der Waals surface area contributed by atoms with Crippen LogP contribution in [0.15, 0.2) is 24.3 Å². The second-order valence-corrected chi connectivity index (χ2v) is 4.25. The monoisotopic (exact) mass is 221 g/mol. The molecule has 1 unspecified atom stereocenters. The number of phenolic OH excluding ortho intramolecular Hbond substituents is 1. The van der Waals surface area contributed by atoms with E-state index in [0.29, 0.717) is 11.5 Å². The van der Waals surface area contributed by atoms with Crippen molar-refractivity contribution in [1.82, 2.24) is 5.32 Å². The zero-order chi connectivity index (χ0) is 12.1. The van der Waals surface area contributed by atoms with Gasteiger partial charge in [0.15, 0.2) is 0 Å². The predicted octanol–water partition coefficient (Wildman–Crippen LogP) is 2.56. The van der Waals surface area contributed by atoms with Crippen molar-refractivity contribution in [2.45, 2.75) is 33.2 Å². The van der Waals surface area contributed by atoms with Crippen LogP contribution in [0.5, 0.6) is 5.75 Å². The first-order chi connectivity index (χ1) is 7.56. The minimum atomic E-state index is -0.210. The van der Waals surface area contributed by atoms with Gasteiger partial charge in [0.25, 0.3) is 5.91 Å². The second-order valence-electron chi connectivity index (χ2n) is 4.25. The fourth-order valence-electron chi connectivity index (χ4n) is 1.65. The molecule has 0 saturated heterocycles. The zero-order valence-electron chi connectivity index (χ0n) is 10.0. The molecule has 0 aliphatic heterocycles. The molecule has 1 amide bonds. The van der Waals surface area contributed by atoms with E-state index in [1.165, 1.54) is 6.07 Å². The van der Waals surface area contributed by atoms with Crippen LogP contribution in [0.4, 0.5) is 0 Å². The van der Waals surface area contributed by atoms with Crippen LogP contribution < -0.4 is 5.32 Å². The summed E-state index contributed by atoms with van der Waals surface area (Å²) in [6, 6.07) is 6.73. The van der Waals surface area contributed by atoms with Crippen LogP contribution in [0.1, 0.15) is 37.6 Å². The van der Waals surface area contributed by atoms with Crippen molar-refractivity contribution < 1.29 is 9.90 Å². The summed E-state index contributed by atoms with van der Waals surface area (Å²) in [7, 11) is 0. The Morgan fingerprint density at radius 2 is 2.00 bits per heavy atom. The summed E-state index contributed by atoms with van der Waals surface area (Å²) in [5.74, 6) is 0.206. The molecule has 0 bridgehead atoms. The van der Waals surface area contributed by atoms with Crippen LogP contribution in [0.2, 0.25) is 0 Å². The van der Waals surface area contributed by atoms with Gasteiger partial charge in [0.2, 0.25) is 0 Å². The average Bonchev–Trinajstić information content (AvgIpc) is 2.25. The lowest BCUT2D eigenvalue weighted by Crippen LogP contribution is -2.38. The van der Waals surface area contributed by atoms with Gasteiger partial charge in [0.05, 0.1) is 5.56 Å². The Kier molecular flexibility index (Phi) is 4.35. The molecule has 0 heterocycles. The Morgan fingerprint density at radius 1 is 1.38 bits per heavy atom. The lowest BCUT2D eigenvalue weighted by atomic mass is 10.0. The van der Waals surface area contributed by atoms with E-state index >= 15 is 0 Å². The Morgan fingerprint density at radius 3 is 2.50 bits per heavy atom. The molecule has 0 aliphatic carbocycles. The Labute approximate surface area is 96.5 Å². The first-order valence-electron chi connectivity index (χ1n) is 5.65. The number of carbonyl (C=O) groups is 1. The lowest BCUT2D eigenvalue weighted by molar-refractivity contribution is 0.0922. The molecule has 3 heteroatoms. The highest BCUT2D eigenvalue weighted by Crippen LogP contribution is 2.16. The minimum absolute atomic E-state index is 0.0265. The standard InChI is InChI=1S/C13H19NO2/c1-4-11(9(2)3)14-13(16)10-7-5-6-8-12(10)15/h5-9,11,15H,4H2,1-3H3,(H,14,16). The van der Waals surface area contributed by atoms with Gasteiger partial charge in [0.1, 0.15) is 5.75 Å². The fraction of sp³-hybridized carbons (Fsp3) is 0.462. The summed E-state index contributed by atoms with van der Waals surface area (Å²) in [6.45, 7) is 6.17. The van der Waals surface area contributed by atoms with Crippen molar-refractivity contribution in [3.63, 3.8) is 0 Å². The van der Waals surface area contributed by atoms with E-state index in [9.17, 15) is 9.90 Å². The van der Waals surface area contributed by atoms with Crippen LogP contribution in [0, 0.1) is 5.92 Å². The molecule has 16 heavy (non-hydrogen) atoms. The number of aromatic hydroxyl groups is 1. The van der Waals surface area contributed by atoms with Gasteiger partial charge < -0.3 is 10.4 Å². The molecule has 0 aliphatic rings. The quantitative estimate of drug-likeness (QED) is 0.821. The third kappa shape index (κ3) is 2.99. The van der Waals surface area contributed by atoms with Gasteiger partial charge in [0, 0.05) is 6.04 Å². The topological polar surface area (TPSA) is 49.3 Å². The summed E-state index contributed by atoms with van der Waals surface area (Å²) in [5.41, 5.74) is 0.335. The first-order valence-corrected chi connectivity index (χ1v) is 5.65. The predicted molar refractivity (Wildman–Crippen MR) is 64.5 cm³/mol. The largest absolute Gasteiger partial charge is 0.507 e. The van der Waals surface area contributed by atoms with Crippen LogP contribution in [0.3, 0.4) is 0 Å². The van der Waals surface area contributed by atoms with Crippen molar-refractivity contribution in [1.29, 1.82) is 0 Å². The molecular formula is C13H19NO2. The van der Waals surface area contributed by atoms with Crippen molar-refractivity contribution >= 4 is 5.91 Å². The number of amides is 1. The van der Waals surface area contributed by atoms with E-state index in [0.717, 1.165) is 6.42 Å². The van der Waals surface area contributed by atoms with Crippen molar-refractivity contribution in [2.24, 2.45) is 5.92 Å². The van der Waals surface area contributed by atoms with E-state index < -0.39 is 0 Å². The molecule has 0 radical (unpaired) electrons. The Balaban J connectivity index is 2.76. The van der Waals surface area contributed by atoms with Crippen LogP contribution in [-0.2, 0) is 0 Å². The van der Waals surface area contributed by atoms with Gasteiger partial charge in [-0.3, -0.25) is 4.79 Å². The number of para-hydroxylation sites is 1. The van der Waals surface area contributed by atoms with Crippen LogP contribution in [-0.4, -0.2) is 17.1 Å². The molecular weight excluding hydrogens is 202 g/mol. The lowest BCUT2D eigenvalue weighted by Gasteiger charge is -2.20. The molecule has 1 rings (SSSR count). The summed E-state index contributed by atoms with van der Waals surface area (Å²) in [4.78, 5) is 11.9. The van der Waals surface area contributed by atoms with E-state index in [1.54, 1.807) is 18.2 Å². The summed E-state index contributed by atoms with van der Waals surface area (Å²) < 4.78 is 0. The molecule has 1 aromatic carbocycles. The maximum Gasteiger partial charge on any atom is 0.255 e.